The van der Waals surface area contributed by atoms with E-state index < -0.39 is 11.7 Å². The van der Waals surface area contributed by atoms with E-state index in [1.807, 2.05) is 78.7 Å². The molecule has 17 heteroatoms. The first-order chi connectivity index (χ1) is 30.1. The monoisotopic (exact) mass is 897 g/mol. The van der Waals surface area contributed by atoms with Crippen molar-refractivity contribution in [2.75, 3.05) is 13.2 Å². The van der Waals surface area contributed by atoms with Gasteiger partial charge in [-0.3, -0.25) is 14.4 Å². The van der Waals surface area contributed by atoms with Gasteiger partial charge in [-0.2, -0.15) is 10.2 Å². The van der Waals surface area contributed by atoms with Gasteiger partial charge in [0.25, 0.3) is 6.47 Å². The second-order valence-electron chi connectivity index (χ2n) is 17.5. The van der Waals surface area contributed by atoms with Gasteiger partial charge in [-0.25, -0.2) is 34.1 Å². The maximum Gasteiger partial charge on any atom is 0.405 e. The Balaban J connectivity index is 0.000000314. The van der Waals surface area contributed by atoms with E-state index in [2.05, 4.69) is 67.3 Å². The highest BCUT2D eigenvalue weighted by molar-refractivity contribution is 5.94. The number of aromatic nitrogens is 8. The summed E-state index contributed by atoms with van der Waals surface area (Å²) in [7, 11) is 0. The van der Waals surface area contributed by atoms with E-state index in [0.717, 1.165) is 68.9 Å². The van der Waals surface area contributed by atoms with Crippen LogP contribution in [0.1, 0.15) is 151 Å². The Morgan fingerprint density at radius 2 is 1.14 bits per heavy atom. The molecule has 0 bridgehead atoms. The highest BCUT2D eigenvalue weighted by atomic mass is 16.6. The quantitative estimate of drug-likeness (QED) is 0.102. The lowest BCUT2D eigenvalue weighted by Crippen LogP contribution is -2.27. The van der Waals surface area contributed by atoms with E-state index >= 15 is 0 Å². The average molecular weight is 897 g/mol. The van der Waals surface area contributed by atoms with Crippen molar-refractivity contribution < 1.29 is 33.4 Å². The van der Waals surface area contributed by atoms with E-state index in [0.29, 0.717) is 19.3 Å². The van der Waals surface area contributed by atoms with Gasteiger partial charge in [0, 0.05) is 61.7 Å². The van der Waals surface area contributed by atoms with Gasteiger partial charge in [0.15, 0.2) is 22.9 Å². The van der Waals surface area contributed by atoms with Crippen molar-refractivity contribution in [2.24, 2.45) is 5.73 Å². The van der Waals surface area contributed by atoms with Crippen LogP contribution in [-0.2, 0) is 31.8 Å². The molecule has 6 aromatic rings. The predicted molar refractivity (Wildman–Crippen MR) is 252 cm³/mol. The van der Waals surface area contributed by atoms with Crippen molar-refractivity contribution in [2.45, 2.75) is 132 Å². The zero-order valence-corrected chi connectivity index (χ0v) is 40.1. The molecule has 4 aromatic heterocycles. The standard InChI is InChI=1S/2C17H18N4O.C5H11NO2.C5H10O2.C4H8O.H3N/c2*1-11(2)21-17-15(9-18-10-19-17)16(20-21)8-13-5-4-6-14(7-13)12(3)22;1-5(2,3)8-4(6)7;1-5(2,3)7-4-6;1-2-4-5-3-1;/h2*4-7,9-11H,8H2,1-3H3;1-3H3,(H2,6,7);4H,1-3H3;1-4H2;1H3. The highest BCUT2D eigenvalue weighted by Gasteiger charge is 2.17. The van der Waals surface area contributed by atoms with E-state index in [9.17, 15) is 19.2 Å². The third kappa shape index (κ3) is 18.7. The van der Waals surface area contributed by atoms with Crippen LogP contribution in [0, 0.1) is 0 Å². The number of nitrogens with two attached hydrogens (primary N) is 1. The first-order valence-electron chi connectivity index (χ1n) is 21.3. The number of benzene rings is 2. The number of fused-ring (bicyclic) bond motifs is 2. The molecule has 17 nitrogen and oxygen atoms in total. The van der Waals surface area contributed by atoms with Crippen molar-refractivity contribution in [3.63, 3.8) is 0 Å². The fourth-order valence-electron chi connectivity index (χ4n) is 6.01. The smallest absolute Gasteiger partial charge is 0.405 e. The molecule has 65 heavy (non-hydrogen) atoms. The van der Waals surface area contributed by atoms with Crippen LogP contribution in [0.3, 0.4) is 0 Å². The fraction of sp³-hybridized carbons (Fsp3) is 0.458. The molecule has 1 aliphatic heterocycles. The molecule has 0 atom stereocenters. The number of carbonyl (C=O) groups is 4. The largest absolute Gasteiger partial charge is 0.462 e. The molecule has 1 aliphatic rings. The average Bonchev–Trinajstić information content (AvgIpc) is 3.99. The summed E-state index contributed by atoms with van der Waals surface area (Å²) >= 11 is 0. The van der Waals surface area contributed by atoms with Gasteiger partial charge in [-0.15, -0.1) is 0 Å². The molecular weight excluding hydrogens is 829 g/mol. The number of hydrogen-bond donors (Lipinski definition) is 2. The zero-order valence-electron chi connectivity index (χ0n) is 40.1. The van der Waals surface area contributed by atoms with E-state index in [4.69, 9.17) is 10.5 Å². The summed E-state index contributed by atoms with van der Waals surface area (Å²) in [5.41, 5.74) is 11.1. The third-order valence-electron chi connectivity index (χ3n) is 8.92. The van der Waals surface area contributed by atoms with Crippen LogP contribution in [0.4, 0.5) is 4.79 Å². The molecule has 1 fully saturated rings. The van der Waals surface area contributed by atoms with E-state index in [-0.39, 0.29) is 35.4 Å². The second kappa shape index (κ2) is 25.7. The first-order valence-corrected chi connectivity index (χ1v) is 21.3. The van der Waals surface area contributed by atoms with Crippen molar-refractivity contribution in [3.8, 4) is 0 Å². The first kappa shape index (κ1) is 54.7. The number of hydrogen-bond acceptors (Lipinski definition) is 14. The Morgan fingerprint density at radius 1 is 0.723 bits per heavy atom. The van der Waals surface area contributed by atoms with Gasteiger partial charge in [-0.05, 0) is 119 Å². The van der Waals surface area contributed by atoms with Crippen LogP contribution in [0.25, 0.3) is 22.1 Å². The van der Waals surface area contributed by atoms with Gasteiger partial charge < -0.3 is 26.1 Å². The Labute approximate surface area is 382 Å². The minimum absolute atomic E-state index is 0. The summed E-state index contributed by atoms with van der Waals surface area (Å²) in [5, 5.41) is 11.3. The topological polar surface area (TPSA) is 244 Å². The fourth-order valence-corrected chi connectivity index (χ4v) is 6.01. The number of rotatable bonds is 9. The van der Waals surface area contributed by atoms with Crippen molar-refractivity contribution in [3.05, 3.63) is 107 Å². The van der Waals surface area contributed by atoms with Gasteiger partial charge in [0.1, 0.15) is 23.9 Å². The molecule has 5 heterocycles. The lowest BCUT2D eigenvalue weighted by Gasteiger charge is -2.16. The molecule has 7 rings (SSSR count). The van der Waals surface area contributed by atoms with Crippen molar-refractivity contribution in [1.82, 2.24) is 45.6 Å². The van der Waals surface area contributed by atoms with Gasteiger partial charge >= 0.3 is 6.09 Å². The van der Waals surface area contributed by atoms with Crippen LogP contribution < -0.4 is 11.9 Å². The summed E-state index contributed by atoms with van der Waals surface area (Å²) < 4.78 is 17.9. The Kier molecular flexibility index (Phi) is 21.6. The van der Waals surface area contributed by atoms with E-state index in [1.54, 1.807) is 59.7 Å². The summed E-state index contributed by atoms with van der Waals surface area (Å²) in [6, 6.07) is 15.8. The normalized spacial score (nSPS) is 12.0. The van der Waals surface area contributed by atoms with Crippen LogP contribution in [0.5, 0.6) is 0 Å². The number of primary amides is 1. The lowest BCUT2D eigenvalue weighted by atomic mass is 10.0. The van der Waals surface area contributed by atoms with Crippen molar-refractivity contribution >= 4 is 46.2 Å². The maximum atomic E-state index is 11.5. The molecule has 0 saturated carbocycles. The molecule has 0 spiro atoms. The maximum absolute atomic E-state index is 11.5. The number of amides is 1. The lowest BCUT2D eigenvalue weighted by molar-refractivity contribution is -0.138. The van der Waals surface area contributed by atoms with Crippen molar-refractivity contribution in [1.29, 1.82) is 0 Å². The number of ether oxygens (including phenoxy) is 3. The van der Waals surface area contributed by atoms with Crippen LogP contribution in [0.2, 0.25) is 0 Å². The predicted octanol–water partition coefficient (Wildman–Crippen LogP) is 9.20. The number of Topliss-reactive ketones (excluding diaryl/α,β-unsaturated/α-hetero) is 2. The SMILES string of the molecule is C1CCOC1.CC(=O)c1cccc(Cc2nn(C(C)C)c3ncncc23)c1.CC(=O)c1cccc(Cc2nn(C(C)C)c3ncncc23)c1.CC(C)(C)OC(N)=O.CC(C)(C)OC=O.N. The van der Waals surface area contributed by atoms with Crippen LogP contribution >= 0.6 is 0 Å². The number of ketones is 2. The molecule has 2 aromatic carbocycles. The molecule has 5 N–H and O–H groups in total. The molecule has 0 unspecified atom stereocenters. The molecule has 0 aliphatic carbocycles. The minimum atomic E-state index is -0.725. The van der Waals surface area contributed by atoms with Gasteiger partial charge in [0.2, 0.25) is 0 Å². The zero-order chi connectivity index (χ0) is 47.6. The summed E-state index contributed by atoms with van der Waals surface area (Å²) in [6.45, 7) is 24.7. The molecule has 0 radical (unpaired) electrons. The Bertz CT molecular complexity index is 2290. The van der Waals surface area contributed by atoms with Gasteiger partial charge in [0.05, 0.1) is 22.2 Å². The molecular formula is C48H68N10O7. The minimum Gasteiger partial charge on any atom is -0.462 e. The molecule has 352 valence electrons. The second-order valence-corrected chi connectivity index (χ2v) is 17.5. The molecule has 1 saturated heterocycles. The summed E-state index contributed by atoms with van der Waals surface area (Å²) in [5.74, 6) is 0.144. The molecule has 1 amide bonds. The van der Waals surface area contributed by atoms with E-state index in [1.165, 1.54) is 12.8 Å². The number of carbonyl (C=O) groups excluding carboxylic acids is 4. The summed E-state index contributed by atoms with van der Waals surface area (Å²) in [6.07, 6.45) is 9.84. The van der Waals surface area contributed by atoms with Gasteiger partial charge in [-0.1, -0.05) is 36.4 Å². The Morgan fingerprint density at radius 3 is 1.40 bits per heavy atom. The third-order valence-corrected chi connectivity index (χ3v) is 8.92. The Hall–Kier alpha value is -6.46. The van der Waals surface area contributed by atoms with Crippen LogP contribution in [0.15, 0.2) is 73.6 Å². The summed E-state index contributed by atoms with van der Waals surface area (Å²) in [4.78, 5) is 59.6. The number of nitrogens with zero attached hydrogens (tertiary/aromatic N) is 8. The van der Waals surface area contributed by atoms with Crippen LogP contribution in [-0.4, -0.2) is 88.0 Å². The highest BCUT2D eigenvalue weighted by Crippen LogP contribution is 2.23.